The van der Waals surface area contributed by atoms with Crippen molar-refractivity contribution in [2.24, 2.45) is 10.2 Å². The van der Waals surface area contributed by atoms with Crippen LogP contribution in [0.4, 0.5) is 0 Å². The molecule has 28 heavy (non-hydrogen) atoms. The molecular formula is C19H32N4O4Si. The van der Waals surface area contributed by atoms with Crippen LogP contribution in [0, 0.1) is 22.7 Å². The highest BCUT2D eigenvalue weighted by molar-refractivity contribution is 6.08. The average molecular weight is 409 g/mol. The molecule has 0 aromatic rings. The third-order valence-electron chi connectivity index (χ3n) is 4.13. The minimum atomic E-state index is -1.24. The Morgan fingerprint density at radius 2 is 1.36 bits per heavy atom. The Kier molecular flexibility index (Phi) is 12.7. The summed E-state index contributed by atoms with van der Waals surface area (Å²) in [5, 5.41) is 26.9. The maximum atomic E-state index is 11.7. The molecule has 0 fully saturated rings. The van der Waals surface area contributed by atoms with Crippen molar-refractivity contribution in [3.05, 3.63) is 0 Å². The number of nitriles is 2. The summed E-state index contributed by atoms with van der Waals surface area (Å²) < 4.78 is 10.2. The summed E-state index contributed by atoms with van der Waals surface area (Å²) in [6, 6.07) is 5.13. The van der Waals surface area contributed by atoms with Gasteiger partial charge >= 0.3 is 11.9 Å². The topological polar surface area (TPSA) is 125 Å². The molecule has 0 amide bonds. The van der Waals surface area contributed by atoms with Gasteiger partial charge in [0.1, 0.15) is 0 Å². The molecule has 0 saturated carbocycles. The summed E-state index contributed by atoms with van der Waals surface area (Å²) in [5.41, 5.74) is -2.48. The van der Waals surface area contributed by atoms with Gasteiger partial charge in [0.2, 0.25) is 0 Å². The first kappa shape index (κ1) is 25.7. The molecule has 0 aromatic heterocycles. The van der Waals surface area contributed by atoms with E-state index in [0.717, 1.165) is 35.5 Å². The van der Waals surface area contributed by atoms with Gasteiger partial charge in [0.25, 0.3) is 0 Å². The molecule has 0 bridgehead atoms. The van der Waals surface area contributed by atoms with E-state index in [9.17, 15) is 20.1 Å². The summed E-state index contributed by atoms with van der Waals surface area (Å²) in [7, 11) is 1.07. The minimum absolute atomic E-state index is 0.0443. The zero-order chi connectivity index (χ0) is 21.5. The quantitative estimate of drug-likeness (QED) is 0.188. The van der Waals surface area contributed by atoms with E-state index in [1.165, 1.54) is 0 Å². The van der Waals surface area contributed by atoms with Gasteiger partial charge in [-0.1, -0.05) is 19.4 Å². The van der Waals surface area contributed by atoms with E-state index in [2.05, 4.69) is 10.2 Å². The molecular weight excluding hydrogens is 376 g/mol. The highest BCUT2D eigenvalue weighted by atomic mass is 28.1. The molecule has 0 aromatic carbocycles. The molecule has 9 heteroatoms. The Bertz CT molecular complexity index is 562. The predicted molar refractivity (Wildman–Crippen MR) is 108 cm³/mol. The van der Waals surface area contributed by atoms with Gasteiger partial charge in [-0.15, -0.1) is 0 Å². The number of nitrogens with zero attached hydrogens (tertiary/aromatic N) is 4. The van der Waals surface area contributed by atoms with E-state index in [-0.39, 0.29) is 37.6 Å². The smallest absolute Gasteiger partial charge is 0.305 e. The second kappa shape index (κ2) is 13.8. The molecule has 156 valence electrons. The van der Waals surface area contributed by atoms with Crippen molar-refractivity contribution < 1.29 is 19.1 Å². The molecule has 0 aliphatic heterocycles. The van der Waals surface area contributed by atoms with Crippen molar-refractivity contribution in [3.8, 4) is 12.1 Å². The molecule has 2 unspecified atom stereocenters. The average Bonchev–Trinajstić information content (AvgIpc) is 2.69. The van der Waals surface area contributed by atoms with Crippen molar-refractivity contribution in [1.29, 1.82) is 10.5 Å². The van der Waals surface area contributed by atoms with Gasteiger partial charge in [0, 0.05) is 23.1 Å². The van der Waals surface area contributed by atoms with E-state index in [0.29, 0.717) is 13.2 Å². The normalized spacial score (nSPS) is 15.2. The van der Waals surface area contributed by atoms with E-state index in [1.54, 1.807) is 13.8 Å². The molecule has 0 heterocycles. The van der Waals surface area contributed by atoms with Crippen LogP contribution in [0.25, 0.3) is 0 Å². The molecule has 2 atom stereocenters. The molecule has 0 spiro atoms. The van der Waals surface area contributed by atoms with E-state index in [1.807, 2.05) is 19.1 Å². The van der Waals surface area contributed by atoms with Gasteiger partial charge in [-0.25, -0.2) is 0 Å². The van der Waals surface area contributed by atoms with Gasteiger partial charge < -0.3 is 9.47 Å². The SMILES string of the molecule is CCCCOC(=O)CCC(C)(C#N)N=NC(C)(C#N)CCC(=O)OCCC[SiH3]. The van der Waals surface area contributed by atoms with E-state index >= 15 is 0 Å². The number of hydrogen-bond acceptors (Lipinski definition) is 8. The number of unbranched alkanes of at least 4 members (excludes halogenated alkanes) is 1. The number of azo groups is 1. The zero-order valence-corrected chi connectivity index (χ0v) is 19.5. The first-order valence-electron chi connectivity index (χ1n) is 9.82. The summed E-state index contributed by atoms with van der Waals surface area (Å²) in [6.07, 6.45) is 2.96. The molecule has 0 N–H and O–H groups in total. The molecule has 8 nitrogen and oxygen atoms in total. The van der Waals surface area contributed by atoms with Crippen molar-refractivity contribution in [3.63, 3.8) is 0 Å². The van der Waals surface area contributed by atoms with Gasteiger partial charge in [-0.05, 0) is 39.5 Å². The number of ether oxygens (including phenoxy) is 2. The largest absolute Gasteiger partial charge is 0.466 e. The Hall–Kier alpha value is -2.26. The fourth-order valence-electron chi connectivity index (χ4n) is 1.97. The number of carbonyl (C=O) groups excluding carboxylic acids is 2. The van der Waals surface area contributed by atoms with Crippen LogP contribution in [-0.4, -0.2) is 46.5 Å². The second-order valence-corrected chi connectivity index (χ2v) is 8.12. The van der Waals surface area contributed by atoms with Crippen LogP contribution >= 0.6 is 0 Å². The summed E-state index contributed by atoms with van der Waals surface area (Å²) in [5.74, 6) is -0.754. The van der Waals surface area contributed by atoms with Crippen molar-refractivity contribution in [2.75, 3.05) is 13.2 Å². The lowest BCUT2D eigenvalue weighted by atomic mass is 9.97. The van der Waals surface area contributed by atoms with Crippen LogP contribution < -0.4 is 0 Å². The van der Waals surface area contributed by atoms with Crippen LogP contribution in [0.3, 0.4) is 0 Å². The third kappa shape index (κ3) is 11.5. The fourth-order valence-corrected chi connectivity index (χ4v) is 2.26. The standard InChI is InChI=1S/C19H32N4O4Si/c1-4-5-11-26-16(24)7-9-18(2,14-20)22-23-19(3,15-21)10-8-17(25)27-12-6-13-28/h4-13H2,1-3,28H3. The first-order chi connectivity index (χ1) is 13.2. The maximum absolute atomic E-state index is 11.7. The molecule has 0 rings (SSSR count). The Morgan fingerprint density at radius 3 is 1.71 bits per heavy atom. The van der Waals surface area contributed by atoms with Gasteiger partial charge in [0.05, 0.1) is 25.4 Å². The lowest BCUT2D eigenvalue weighted by Crippen LogP contribution is -2.25. The third-order valence-corrected chi connectivity index (χ3v) is 4.83. The van der Waals surface area contributed by atoms with Crippen LogP contribution in [0.1, 0.15) is 65.7 Å². The van der Waals surface area contributed by atoms with Crippen molar-refractivity contribution in [2.45, 2.75) is 82.8 Å². The molecule has 0 saturated heterocycles. The Balaban J connectivity index is 4.71. The lowest BCUT2D eigenvalue weighted by Gasteiger charge is -2.19. The molecule has 0 aliphatic rings. The maximum Gasteiger partial charge on any atom is 0.305 e. The Morgan fingerprint density at radius 1 is 0.929 bits per heavy atom. The summed E-state index contributed by atoms with van der Waals surface area (Å²) in [4.78, 5) is 23.4. The lowest BCUT2D eigenvalue weighted by molar-refractivity contribution is -0.145. The van der Waals surface area contributed by atoms with E-state index < -0.39 is 11.1 Å². The van der Waals surface area contributed by atoms with Crippen LogP contribution in [-0.2, 0) is 19.1 Å². The van der Waals surface area contributed by atoms with E-state index in [4.69, 9.17) is 9.47 Å². The number of rotatable bonds is 14. The van der Waals surface area contributed by atoms with Crippen LogP contribution in [0.5, 0.6) is 0 Å². The Labute approximate surface area is 170 Å². The fraction of sp³-hybridized carbons (Fsp3) is 0.789. The summed E-state index contributed by atoms with van der Waals surface area (Å²) >= 11 is 0. The first-order valence-corrected chi connectivity index (χ1v) is 11.2. The van der Waals surface area contributed by atoms with Gasteiger partial charge in [-0.2, -0.15) is 20.8 Å². The highest BCUT2D eigenvalue weighted by Gasteiger charge is 2.29. The monoisotopic (exact) mass is 408 g/mol. The van der Waals surface area contributed by atoms with Crippen molar-refractivity contribution >= 4 is 22.2 Å². The van der Waals surface area contributed by atoms with Crippen LogP contribution in [0.2, 0.25) is 6.04 Å². The number of hydrogen-bond donors (Lipinski definition) is 0. The molecule has 0 radical (unpaired) electrons. The minimum Gasteiger partial charge on any atom is -0.466 e. The zero-order valence-electron chi connectivity index (χ0n) is 17.5. The van der Waals surface area contributed by atoms with Crippen LogP contribution in [0.15, 0.2) is 10.2 Å². The van der Waals surface area contributed by atoms with Gasteiger partial charge in [-0.3, -0.25) is 9.59 Å². The predicted octanol–water partition coefficient (Wildman–Crippen LogP) is 2.62. The van der Waals surface area contributed by atoms with Crippen molar-refractivity contribution in [1.82, 2.24) is 0 Å². The second-order valence-electron chi connectivity index (χ2n) is 7.12. The highest BCUT2D eigenvalue weighted by Crippen LogP contribution is 2.23. The summed E-state index contributed by atoms with van der Waals surface area (Å²) in [6.45, 7) is 5.87. The number of carbonyl (C=O) groups is 2. The molecule has 0 aliphatic carbocycles. The number of esters is 2. The van der Waals surface area contributed by atoms with Gasteiger partial charge in [0.15, 0.2) is 11.1 Å².